The molecule has 1 unspecified atom stereocenters. The molecular weight excluding hydrogens is 215 g/mol. The van der Waals surface area contributed by atoms with Gasteiger partial charge in [-0.25, -0.2) is 0 Å². The van der Waals surface area contributed by atoms with Crippen LogP contribution in [-0.4, -0.2) is 9.38 Å². The Morgan fingerprint density at radius 2 is 1.93 bits per heavy atom. The third kappa shape index (κ3) is 2.05. The molecule has 1 aromatic carbocycles. The standard InChI is InChI=1S/C10H15O2PS/c1-3-10(2,14)13(11,12)9-7-5-4-6-8-9/h4-8,14H,3H2,1-2H3,(H,11,12)/t10-/m1/s1. The highest BCUT2D eigenvalue weighted by atomic mass is 32.1. The fourth-order valence-corrected chi connectivity index (χ4v) is 3.03. The minimum absolute atomic E-state index is 0.472. The zero-order valence-corrected chi connectivity index (χ0v) is 10.1. The van der Waals surface area contributed by atoms with Crippen LogP contribution in [0.5, 0.6) is 0 Å². The molecule has 1 aromatic rings. The van der Waals surface area contributed by atoms with Gasteiger partial charge < -0.3 is 4.89 Å². The van der Waals surface area contributed by atoms with Crippen molar-refractivity contribution in [3.8, 4) is 0 Å². The highest BCUT2D eigenvalue weighted by Gasteiger charge is 2.39. The normalized spacial score (nSPS) is 19.7. The van der Waals surface area contributed by atoms with Crippen LogP contribution in [0.15, 0.2) is 30.3 Å². The van der Waals surface area contributed by atoms with E-state index in [-0.39, 0.29) is 0 Å². The maximum Gasteiger partial charge on any atom is 0.244 e. The lowest BCUT2D eigenvalue weighted by molar-refractivity contribution is 0.470. The van der Waals surface area contributed by atoms with Crippen molar-refractivity contribution >= 4 is 25.3 Å². The average molecular weight is 230 g/mol. The fraction of sp³-hybridized carbons (Fsp3) is 0.400. The van der Waals surface area contributed by atoms with Gasteiger partial charge in [-0.1, -0.05) is 25.1 Å². The Hall–Kier alpha value is -0.240. The van der Waals surface area contributed by atoms with Gasteiger partial charge in [0.15, 0.2) is 0 Å². The largest absolute Gasteiger partial charge is 0.340 e. The molecule has 0 saturated carbocycles. The highest BCUT2D eigenvalue weighted by Crippen LogP contribution is 2.57. The third-order valence-corrected chi connectivity index (χ3v) is 6.18. The molecule has 0 saturated heterocycles. The second-order valence-electron chi connectivity index (χ2n) is 3.48. The van der Waals surface area contributed by atoms with Gasteiger partial charge in [0.2, 0.25) is 7.37 Å². The molecule has 0 spiro atoms. The van der Waals surface area contributed by atoms with Crippen molar-refractivity contribution in [2.45, 2.75) is 24.8 Å². The van der Waals surface area contributed by atoms with Crippen LogP contribution in [0.4, 0.5) is 0 Å². The van der Waals surface area contributed by atoms with E-state index in [2.05, 4.69) is 12.6 Å². The summed E-state index contributed by atoms with van der Waals surface area (Å²) in [6.45, 7) is 3.56. The van der Waals surface area contributed by atoms with E-state index >= 15 is 0 Å². The molecule has 4 heteroatoms. The summed E-state index contributed by atoms with van der Waals surface area (Å²) in [6.07, 6.45) is 0.554. The van der Waals surface area contributed by atoms with Crippen LogP contribution in [0.2, 0.25) is 0 Å². The maximum atomic E-state index is 12.1. The minimum atomic E-state index is -3.38. The molecule has 0 radical (unpaired) electrons. The van der Waals surface area contributed by atoms with E-state index in [0.717, 1.165) is 0 Å². The van der Waals surface area contributed by atoms with Gasteiger partial charge in [-0.3, -0.25) is 4.57 Å². The van der Waals surface area contributed by atoms with Crippen molar-refractivity contribution in [2.24, 2.45) is 0 Å². The van der Waals surface area contributed by atoms with Crippen LogP contribution in [0.3, 0.4) is 0 Å². The Morgan fingerprint density at radius 1 is 1.43 bits per heavy atom. The lowest BCUT2D eigenvalue weighted by Crippen LogP contribution is -2.22. The Morgan fingerprint density at radius 3 is 2.36 bits per heavy atom. The topological polar surface area (TPSA) is 37.3 Å². The van der Waals surface area contributed by atoms with Gasteiger partial charge in [-0.2, -0.15) is 12.6 Å². The van der Waals surface area contributed by atoms with Gasteiger partial charge in [0.1, 0.15) is 0 Å². The lowest BCUT2D eigenvalue weighted by Gasteiger charge is -2.28. The van der Waals surface area contributed by atoms with Crippen molar-refractivity contribution in [1.82, 2.24) is 0 Å². The van der Waals surface area contributed by atoms with Crippen LogP contribution in [0.1, 0.15) is 20.3 Å². The highest BCUT2D eigenvalue weighted by molar-refractivity contribution is 7.94. The van der Waals surface area contributed by atoms with E-state index in [1.54, 1.807) is 31.2 Å². The maximum absolute atomic E-state index is 12.1. The van der Waals surface area contributed by atoms with Crippen molar-refractivity contribution in [3.05, 3.63) is 30.3 Å². The minimum Gasteiger partial charge on any atom is -0.340 e. The summed E-state index contributed by atoms with van der Waals surface area (Å²) in [6, 6.07) is 8.69. The van der Waals surface area contributed by atoms with Crippen LogP contribution >= 0.6 is 20.0 Å². The Balaban J connectivity index is 3.15. The van der Waals surface area contributed by atoms with E-state index in [0.29, 0.717) is 11.7 Å². The molecule has 0 aromatic heterocycles. The summed E-state index contributed by atoms with van der Waals surface area (Å²) < 4.78 is 11.3. The Labute approximate surface area is 90.2 Å². The van der Waals surface area contributed by atoms with E-state index in [4.69, 9.17) is 0 Å². The first-order valence-electron chi connectivity index (χ1n) is 4.52. The second-order valence-corrected chi connectivity index (χ2v) is 7.48. The van der Waals surface area contributed by atoms with Gasteiger partial charge in [-0.15, -0.1) is 0 Å². The third-order valence-electron chi connectivity index (χ3n) is 2.43. The van der Waals surface area contributed by atoms with Crippen molar-refractivity contribution in [1.29, 1.82) is 0 Å². The molecule has 1 rings (SSSR count). The van der Waals surface area contributed by atoms with Crippen molar-refractivity contribution in [3.63, 3.8) is 0 Å². The molecule has 14 heavy (non-hydrogen) atoms. The quantitative estimate of drug-likeness (QED) is 0.618. The van der Waals surface area contributed by atoms with Gasteiger partial charge in [0.05, 0.1) is 4.49 Å². The van der Waals surface area contributed by atoms with Gasteiger partial charge in [0, 0.05) is 5.30 Å². The first-order chi connectivity index (χ1) is 6.42. The number of hydrogen-bond acceptors (Lipinski definition) is 2. The molecule has 1 N–H and O–H groups in total. The second kappa shape index (κ2) is 4.09. The number of benzene rings is 1. The summed E-state index contributed by atoms with van der Waals surface area (Å²) in [7, 11) is -3.38. The van der Waals surface area contributed by atoms with E-state index in [9.17, 15) is 9.46 Å². The zero-order valence-electron chi connectivity index (χ0n) is 8.34. The molecule has 0 bridgehead atoms. The summed E-state index contributed by atoms with van der Waals surface area (Å²) in [5.74, 6) is 0. The molecule has 0 amide bonds. The van der Waals surface area contributed by atoms with Crippen LogP contribution in [0.25, 0.3) is 0 Å². The molecule has 0 aliphatic heterocycles. The lowest BCUT2D eigenvalue weighted by atomic mass is 10.3. The summed E-state index contributed by atoms with van der Waals surface area (Å²) in [4.78, 5) is 9.99. The summed E-state index contributed by atoms with van der Waals surface area (Å²) in [5.41, 5.74) is 0. The number of thiol groups is 1. The Kier molecular flexibility index (Phi) is 3.46. The van der Waals surface area contributed by atoms with Crippen LogP contribution in [-0.2, 0) is 4.57 Å². The van der Waals surface area contributed by atoms with Crippen LogP contribution < -0.4 is 5.30 Å². The Bertz CT molecular complexity index is 348. The SMILES string of the molecule is CC[C@@](C)(S)P(=O)(O)c1ccccc1. The smallest absolute Gasteiger partial charge is 0.244 e. The number of hydrogen-bond donors (Lipinski definition) is 2. The monoisotopic (exact) mass is 230 g/mol. The molecule has 0 heterocycles. The number of rotatable bonds is 3. The molecule has 0 aliphatic rings. The first kappa shape index (κ1) is 11.8. The van der Waals surface area contributed by atoms with E-state index < -0.39 is 11.9 Å². The molecule has 2 atom stereocenters. The van der Waals surface area contributed by atoms with E-state index in [1.807, 2.05) is 13.0 Å². The average Bonchev–Trinajstić information content (AvgIpc) is 2.19. The predicted molar refractivity (Wildman–Crippen MR) is 63.6 cm³/mol. The molecule has 2 nitrogen and oxygen atoms in total. The molecule has 0 aliphatic carbocycles. The summed E-state index contributed by atoms with van der Waals surface area (Å²) >= 11 is 4.27. The van der Waals surface area contributed by atoms with Gasteiger partial charge in [0.25, 0.3) is 0 Å². The van der Waals surface area contributed by atoms with Gasteiger partial charge >= 0.3 is 0 Å². The van der Waals surface area contributed by atoms with Crippen LogP contribution in [0, 0.1) is 0 Å². The fourth-order valence-electron chi connectivity index (χ4n) is 1.12. The van der Waals surface area contributed by atoms with E-state index in [1.165, 1.54) is 0 Å². The molecule has 78 valence electrons. The molecule has 0 fully saturated rings. The first-order valence-corrected chi connectivity index (χ1v) is 6.63. The van der Waals surface area contributed by atoms with Crippen molar-refractivity contribution in [2.75, 3.05) is 0 Å². The predicted octanol–water partition coefficient (Wildman–Crippen LogP) is 2.64. The molecular formula is C10H15O2PS. The van der Waals surface area contributed by atoms with Gasteiger partial charge in [-0.05, 0) is 25.5 Å². The van der Waals surface area contributed by atoms with Crippen molar-refractivity contribution < 1.29 is 9.46 Å². The summed E-state index contributed by atoms with van der Waals surface area (Å²) in [5, 5.41) is 0.472. The zero-order chi connectivity index (χ0) is 10.8.